The molecule has 158 valence electrons. The van der Waals surface area contributed by atoms with Gasteiger partial charge in [0.2, 0.25) is 11.8 Å². The number of nitrogens with zero attached hydrogens (tertiary/aromatic N) is 2. The van der Waals surface area contributed by atoms with Crippen LogP contribution in [0.5, 0.6) is 5.88 Å². The molecule has 2 aromatic heterocycles. The summed E-state index contributed by atoms with van der Waals surface area (Å²) in [7, 11) is 1.38. The molecule has 0 radical (unpaired) electrons. The Hall–Kier alpha value is -3.22. The van der Waals surface area contributed by atoms with Crippen molar-refractivity contribution >= 4 is 17.6 Å². The molecule has 6 nitrogen and oxygen atoms in total. The van der Waals surface area contributed by atoms with Gasteiger partial charge in [-0.2, -0.15) is 0 Å². The van der Waals surface area contributed by atoms with Crippen LogP contribution in [0.15, 0.2) is 42.4 Å². The lowest BCUT2D eigenvalue weighted by Gasteiger charge is -2.20. The highest BCUT2D eigenvalue weighted by atomic mass is 19.1. The van der Waals surface area contributed by atoms with Crippen LogP contribution < -0.4 is 10.1 Å². The van der Waals surface area contributed by atoms with Gasteiger partial charge in [0.15, 0.2) is 5.82 Å². The highest BCUT2D eigenvalue weighted by Gasteiger charge is 2.27. The maximum Gasteiger partial charge on any atom is 0.250 e. The Labute approximate surface area is 175 Å². The first-order valence-electron chi connectivity index (χ1n) is 9.82. The Morgan fingerprint density at radius 2 is 2.20 bits per heavy atom. The Kier molecular flexibility index (Phi) is 6.82. The molecule has 0 bridgehead atoms. The number of amides is 1. The zero-order chi connectivity index (χ0) is 21.7. The second-order valence-electron chi connectivity index (χ2n) is 7.37. The first-order valence-corrected chi connectivity index (χ1v) is 9.82. The molecule has 0 unspecified atom stereocenters. The second-order valence-corrected chi connectivity index (χ2v) is 7.37. The van der Waals surface area contributed by atoms with Crippen LogP contribution in [-0.4, -0.2) is 35.6 Å². The topological polar surface area (TPSA) is 73.3 Å². The zero-order valence-electron chi connectivity index (χ0n) is 17.6. The summed E-state index contributed by atoms with van der Waals surface area (Å²) < 4.78 is 25.3. The third-order valence-electron chi connectivity index (χ3n) is 5.08. The van der Waals surface area contributed by atoms with Crippen molar-refractivity contribution in [2.24, 2.45) is 5.92 Å². The highest BCUT2D eigenvalue weighted by molar-refractivity contribution is 5.87. The number of nitrogens with one attached hydrogen (secondary N) is 1. The van der Waals surface area contributed by atoms with Gasteiger partial charge in [0.1, 0.15) is 6.10 Å². The van der Waals surface area contributed by atoms with Crippen LogP contribution in [0.3, 0.4) is 0 Å². The quantitative estimate of drug-likeness (QED) is 0.552. The lowest BCUT2D eigenvalue weighted by molar-refractivity contribution is -0.119. The number of halogens is 1. The summed E-state index contributed by atoms with van der Waals surface area (Å²) >= 11 is 0. The number of ether oxygens (including phenoxy) is 2. The molecule has 2 atom stereocenters. The van der Waals surface area contributed by atoms with Gasteiger partial charge in [-0.3, -0.25) is 9.78 Å². The van der Waals surface area contributed by atoms with Crippen LogP contribution in [-0.2, 0) is 9.53 Å². The minimum atomic E-state index is -0.547. The third kappa shape index (κ3) is 5.23. The molecule has 0 aliphatic carbocycles. The molecule has 3 rings (SSSR count). The van der Waals surface area contributed by atoms with E-state index in [1.54, 1.807) is 12.4 Å². The highest BCUT2D eigenvalue weighted by Crippen LogP contribution is 2.26. The van der Waals surface area contributed by atoms with Gasteiger partial charge >= 0.3 is 0 Å². The SMILES string of the molecule is COc1ncc(C(/C=C(\C)O[C@H](C)[C@H]2CNC(=O)C2)=C/c2ncccc2C)cc1F. The third-order valence-corrected chi connectivity index (χ3v) is 5.08. The minimum Gasteiger partial charge on any atom is -0.495 e. The van der Waals surface area contributed by atoms with Crippen LogP contribution in [0, 0.1) is 18.7 Å². The summed E-state index contributed by atoms with van der Waals surface area (Å²) in [6, 6.07) is 5.20. The predicted molar refractivity (Wildman–Crippen MR) is 113 cm³/mol. The molecular formula is C23H26FN3O3. The summed E-state index contributed by atoms with van der Waals surface area (Å²) in [4.78, 5) is 19.9. The first kappa shape index (κ1) is 21.5. The van der Waals surface area contributed by atoms with E-state index in [0.717, 1.165) is 11.3 Å². The number of rotatable bonds is 7. The van der Waals surface area contributed by atoms with Gasteiger partial charge in [-0.1, -0.05) is 6.07 Å². The molecule has 1 amide bonds. The molecule has 1 saturated heterocycles. The number of aromatic nitrogens is 2. The molecule has 0 aromatic carbocycles. The van der Waals surface area contributed by atoms with Crippen molar-refractivity contribution in [1.29, 1.82) is 0 Å². The fourth-order valence-electron chi connectivity index (χ4n) is 3.34. The summed E-state index contributed by atoms with van der Waals surface area (Å²) in [5.74, 6) is 0.206. The van der Waals surface area contributed by atoms with Crippen LogP contribution in [0.1, 0.15) is 37.1 Å². The van der Waals surface area contributed by atoms with Crippen molar-refractivity contribution < 1.29 is 18.7 Å². The molecule has 7 heteroatoms. The lowest BCUT2D eigenvalue weighted by Crippen LogP contribution is -2.22. The number of carbonyl (C=O) groups excluding carboxylic acids is 1. The molecule has 0 spiro atoms. The molecule has 1 N–H and O–H groups in total. The van der Waals surface area contributed by atoms with Gasteiger partial charge in [0.25, 0.3) is 0 Å². The molecule has 30 heavy (non-hydrogen) atoms. The molecular weight excluding hydrogens is 385 g/mol. The first-order chi connectivity index (χ1) is 14.4. The standard InChI is InChI=1S/C23H26FN3O3/c1-14-6-5-7-25-21(14)10-17(19-9-20(24)23(29-4)27-13-19)8-15(2)30-16(3)18-11-22(28)26-12-18/h5-10,13,16,18H,11-12H2,1-4H3,(H,26,28)/b15-8+,17-10+/t16-,18-/m1/s1. The fraction of sp³-hybridized carbons (Fsp3) is 0.348. The summed E-state index contributed by atoms with van der Waals surface area (Å²) in [6.07, 6.45) is 7.29. The Morgan fingerprint density at radius 3 is 2.83 bits per heavy atom. The van der Waals surface area contributed by atoms with Gasteiger partial charge in [0.05, 0.1) is 18.6 Å². The number of hydrogen-bond acceptors (Lipinski definition) is 5. The van der Waals surface area contributed by atoms with E-state index in [4.69, 9.17) is 9.47 Å². The van der Waals surface area contributed by atoms with E-state index in [9.17, 15) is 9.18 Å². The maximum absolute atomic E-state index is 14.3. The number of aryl methyl sites for hydroxylation is 1. The largest absolute Gasteiger partial charge is 0.495 e. The monoisotopic (exact) mass is 411 g/mol. The lowest BCUT2D eigenvalue weighted by atomic mass is 10.0. The van der Waals surface area contributed by atoms with Gasteiger partial charge in [-0.25, -0.2) is 9.37 Å². The molecule has 3 heterocycles. The van der Waals surface area contributed by atoms with E-state index in [2.05, 4.69) is 15.3 Å². The average Bonchev–Trinajstić information content (AvgIpc) is 3.15. The number of hydrogen-bond donors (Lipinski definition) is 1. The average molecular weight is 411 g/mol. The minimum absolute atomic E-state index is 0.0445. The van der Waals surface area contributed by atoms with Crippen LogP contribution in [0.25, 0.3) is 11.6 Å². The van der Waals surface area contributed by atoms with Crippen LogP contribution >= 0.6 is 0 Å². The molecule has 2 aromatic rings. The summed E-state index contributed by atoms with van der Waals surface area (Å²) in [6.45, 7) is 6.36. The van der Waals surface area contributed by atoms with Gasteiger partial charge in [0, 0.05) is 36.8 Å². The number of methoxy groups -OCH3 is 1. The van der Waals surface area contributed by atoms with Crippen LogP contribution in [0.2, 0.25) is 0 Å². The van der Waals surface area contributed by atoms with E-state index in [0.29, 0.717) is 29.9 Å². The van der Waals surface area contributed by atoms with Crippen molar-refractivity contribution in [2.45, 2.75) is 33.3 Å². The van der Waals surface area contributed by atoms with Crippen molar-refractivity contribution in [3.8, 4) is 5.88 Å². The molecule has 0 saturated carbocycles. The van der Waals surface area contributed by atoms with Gasteiger partial charge in [-0.05, 0) is 56.2 Å². The Balaban J connectivity index is 1.93. The van der Waals surface area contributed by atoms with Gasteiger partial charge < -0.3 is 14.8 Å². The zero-order valence-corrected chi connectivity index (χ0v) is 17.6. The maximum atomic E-state index is 14.3. The smallest absolute Gasteiger partial charge is 0.250 e. The van der Waals surface area contributed by atoms with Gasteiger partial charge in [-0.15, -0.1) is 0 Å². The van der Waals surface area contributed by atoms with E-state index in [1.807, 2.05) is 45.1 Å². The van der Waals surface area contributed by atoms with Crippen molar-refractivity contribution in [3.05, 3.63) is 65.1 Å². The summed E-state index contributed by atoms with van der Waals surface area (Å²) in [5, 5.41) is 2.83. The van der Waals surface area contributed by atoms with E-state index in [1.165, 1.54) is 13.2 Å². The van der Waals surface area contributed by atoms with Crippen molar-refractivity contribution in [2.75, 3.05) is 13.7 Å². The predicted octanol–water partition coefficient (Wildman–Crippen LogP) is 3.92. The fourth-order valence-corrected chi connectivity index (χ4v) is 3.34. The van der Waals surface area contributed by atoms with E-state index in [-0.39, 0.29) is 23.8 Å². The second kappa shape index (κ2) is 9.52. The molecule has 1 fully saturated rings. The van der Waals surface area contributed by atoms with Crippen molar-refractivity contribution in [1.82, 2.24) is 15.3 Å². The molecule has 1 aliphatic heterocycles. The normalized spacial score (nSPS) is 18.2. The van der Waals surface area contributed by atoms with Crippen LogP contribution in [0.4, 0.5) is 4.39 Å². The summed E-state index contributed by atoms with van der Waals surface area (Å²) in [5.41, 5.74) is 3.04. The Morgan fingerprint density at radius 1 is 1.40 bits per heavy atom. The van der Waals surface area contributed by atoms with E-state index < -0.39 is 5.82 Å². The van der Waals surface area contributed by atoms with Crippen molar-refractivity contribution in [3.63, 3.8) is 0 Å². The number of allylic oxidation sites excluding steroid dienone is 3. The molecule has 1 aliphatic rings. The number of carbonyl (C=O) groups is 1. The number of pyridine rings is 2. The van der Waals surface area contributed by atoms with E-state index >= 15 is 0 Å². The Bertz CT molecular complexity index is 987.